The Morgan fingerprint density at radius 2 is 1.33 bits per heavy atom. The molecular formula is C22H32O8. The Morgan fingerprint density at radius 1 is 0.933 bits per heavy atom. The smallest absolute Gasteiger partial charge is 0.310 e. The molecule has 2 heterocycles. The Bertz CT molecular complexity index is 715. The highest BCUT2D eigenvalue weighted by Crippen LogP contribution is 2.42. The Hall–Kier alpha value is -2.38. The van der Waals surface area contributed by atoms with E-state index >= 15 is 0 Å². The van der Waals surface area contributed by atoms with E-state index in [4.69, 9.17) is 19.3 Å². The minimum atomic E-state index is -0.867. The molecule has 6 atom stereocenters. The summed E-state index contributed by atoms with van der Waals surface area (Å²) in [6.07, 6.45) is 2.25. The number of aliphatic carboxylic acids is 1. The van der Waals surface area contributed by atoms with E-state index in [-0.39, 0.29) is 47.9 Å². The zero-order valence-electron chi connectivity index (χ0n) is 18.3. The van der Waals surface area contributed by atoms with Crippen LogP contribution in [0.1, 0.15) is 60.3 Å². The number of carboxylic acid groups (broad SMARTS) is 1. The van der Waals surface area contributed by atoms with Crippen LogP contribution in [0.15, 0.2) is 12.2 Å². The van der Waals surface area contributed by atoms with E-state index in [0.29, 0.717) is 25.7 Å². The molecule has 6 unspecified atom stereocenters. The van der Waals surface area contributed by atoms with Gasteiger partial charge in [0.2, 0.25) is 0 Å². The van der Waals surface area contributed by atoms with Gasteiger partial charge in [-0.1, -0.05) is 5.57 Å². The van der Waals surface area contributed by atoms with Crippen molar-refractivity contribution in [1.82, 2.24) is 0 Å². The summed E-state index contributed by atoms with van der Waals surface area (Å²) in [6, 6.07) is 0. The van der Waals surface area contributed by atoms with Crippen molar-refractivity contribution in [1.29, 1.82) is 0 Å². The Balaban J connectivity index is 0.000000187. The summed E-state index contributed by atoms with van der Waals surface area (Å²) < 4.78 is 15.1. The third kappa shape index (κ3) is 6.06. The average molecular weight is 424 g/mol. The molecule has 0 aromatic heterocycles. The van der Waals surface area contributed by atoms with E-state index < -0.39 is 17.5 Å². The summed E-state index contributed by atoms with van der Waals surface area (Å²) >= 11 is 0. The highest BCUT2D eigenvalue weighted by atomic mass is 16.6. The van der Waals surface area contributed by atoms with Crippen molar-refractivity contribution in [3.05, 3.63) is 12.2 Å². The highest BCUT2D eigenvalue weighted by molar-refractivity contribution is 5.85. The zero-order valence-corrected chi connectivity index (χ0v) is 18.3. The van der Waals surface area contributed by atoms with Crippen LogP contribution in [0.5, 0.6) is 0 Å². The largest absolute Gasteiger partial charge is 0.481 e. The minimum absolute atomic E-state index is 0.0555. The number of carbonyl (C=O) groups excluding carboxylic acids is 3. The van der Waals surface area contributed by atoms with Crippen LogP contribution in [-0.4, -0.2) is 46.8 Å². The lowest BCUT2D eigenvalue weighted by atomic mass is 9.96. The fourth-order valence-corrected chi connectivity index (χ4v) is 4.11. The van der Waals surface area contributed by atoms with Crippen LogP contribution in [0, 0.1) is 23.7 Å². The van der Waals surface area contributed by atoms with E-state index in [0.717, 1.165) is 0 Å². The van der Waals surface area contributed by atoms with Crippen molar-refractivity contribution in [2.75, 3.05) is 0 Å². The molecule has 2 aliphatic carbocycles. The molecule has 4 fully saturated rings. The van der Waals surface area contributed by atoms with Gasteiger partial charge in [-0.3, -0.25) is 19.2 Å². The van der Waals surface area contributed by atoms with Crippen molar-refractivity contribution < 1.29 is 38.5 Å². The van der Waals surface area contributed by atoms with Gasteiger partial charge in [0, 0.05) is 0 Å². The maximum Gasteiger partial charge on any atom is 0.310 e. The summed E-state index contributed by atoms with van der Waals surface area (Å²) in [7, 11) is 0. The second kappa shape index (κ2) is 9.18. The molecule has 4 bridgehead atoms. The minimum Gasteiger partial charge on any atom is -0.481 e. The summed E-state index contributed by atoms with van der Waals surface area (Å²) in [5, 5.41) is 8.65. The van der Waals surface area contributed by atoms with Crippen LogP contribution < -0.4 is 0 Å². The number of ether oxygens (including phenoxy) is 3. The molecule has 0 aromatic rings. The molecule has 2 saturated carbocycles. The predicted octanol–water partition coefficient (Wildman–Crippen LogP) is 2.88. The second-order valence-electron chi connectivity index (χ2n) is 9.57. The number of fused-ring (bicyclic) bond motifs is 4. The zero-order chi connectivity index (χ0) is 22.8. The van der Waals surface area contributed by atoms with Crippen LogP contribution in [0.4, 0.5) is 0 Å². The molecule has 2 saturated heterocycles. The summed E-state index contributed by atoms with van der Waals surface area (Å²) in [5.74, 6) is -3.07. The summed E-state index contributed by atoms with van der Waals surface area (Å²) in [5.41, 5.74) is 0.683. The number of carboxylic acids is 1. The lowest BCUT2D eigenvalue weighted by molar-refractivity contribution is -0.169. The molecule has 0 radical (unpaired) electrons. The first kappa shape index (κ1) is 23.9. The first-order chi connectivity index (χ1) is 13.8. The van der Waals surface area contributed by atoms with Crippen LogP contribution >= 0.6 is 0 Å². The van der Waals surface area contributed by atoms with Gasteiger partial charge in [-0.2, -0.15) is 0 Å². The standard InChI is InChI=1S/C11H16O4.C7H8O4.C4H8/c1-11(2,3)15-10(13)8-5-6-4-7(8)9(12)14-6;8-6(9)4-1-3-2-5(4)7(10)11-3;1-4(2)3/h6-8H,4-5H2,1-3H3;3-5H,1-2H2,(H,8,9);1H2,2-3H3. The molecule has 0 amide bonds. The van der Waals surface area contributed by atoms with Gasteiger partial charge >= 0.3 is 23.9 Å². The average Bonchev–Trinajstić information content (AvgIpc) is 3.31. The van der Waals surface area contributed by atoms with Gasteiger partial charge in [0.1, 0.15) is 17.8 Å². The summed E-state index contributed by atoms with van der Waals surface area (Å²) in [6.45, 7) is 13.0. The maximum absolute atomic E-state index is 11.8. The molecule has 0 aromatic carbocycles. The molecule has 0 spiro atoms. The Kier molecular flexibility index (Phi) is 7.31. The third-order valence-electron chi connectivity index (χ3n) is 5.24. The van der Waals surface area contributed by atoms with Crippen molar-refractivity contribution >= 4 is 23.9 Å². The third-order valence-corrected chi connectivity index (χ3v) is 5.24. The van der Waals surface area contributed by atoms with Crippen molar-refractivity contribution in [2.24, 2.45) is 23.7 Å². The molecule has 168 valence electrons. The van der Waals surface area contributed by atoms with Gasteiger partial charge in [0.05, 0.1) is 23.7 Å². The second-order valence-corrected chi connectivity index (χ2v) is 9.57. The molecule has 30 heavy (non-hydrogen) atoms. The van der Waals surface area contributed by atoms with Gasteiger partial charge in [0.15, 0.2) is 0 Å². The molecule has 8 heteroatoms. The Morgan fingerprint density at radius 3 is 1.63 bits per heavy atom. The number of allylic oxidation sites excluding steroid dienone is 1. The van der Waals surface area contributed by atoms with E-state index in [9.17, 15) is 19.2 Å². The molecule has 8 nitrogen and oxygen atoms in total. The van der Waals surface area contributed by atoms with Gasteiger partial charge in [-0.05, 0) is 60.3 Å². The Labute approximate surface area is 176 Å². The number of hydrogen-bond donors (Lipinski definition) is 1. The van der Waals surface area contributed by atoms with Crippen molar-refractivity contribution in [3.8, 4) is 0 Å². The first-order valence-corrected chi connectivity index (χ1v) is 10.3. The van der Waals surface area contributed by atoms with E-state index in [1.54, 1.807) is 0 Å². The quantitative estimate of drug-likeness (QED) is 0.409. The topological polar surface area (TPSA) is 116 Å². The molecular weight excluding hydrogens is 392 g/mol. The predicted molar refractivity (Wildman–Crippen MR) is 106 cm³/mol. The lowest BCUT2D eigenvalue weighted by Crippen LogP contribution is -2.34. The fourth-order valence-electron chi connectivity index (χ4n) is 4.11. The number of carbonyl (C=O) groups is 4. The lowest BCUT2D eigenvalue weighted by Gasteiger charge is -2.25. The van der Waals surface area contributed by atoms with Crippen molar-refractivity contribution in [2.45, 2.75) is 78.1 Å². The van der Waals surface area contributed by atoms with Gasteiger partial charge < -0.3 is 19.3 Å². The van der Waals surface area contributed by atoms with E-state index in [2.05, 4.69) is 6.58 Å². The van der Waals surface area contributed by atoms with E-state index in [1.807, 2.05) is 34.6 Å². The van der Waals surface area contributed by atoms with Gasteiger partial charge in [-0.15, -0.1) is 6.58 Å². The van der Waals surface area contributed by atoms with Crippen LogP contribution in [0.25, 0.3) is 0 Å². The monoisotopic (exact) mass is 424 g/mol. The van der Waals surface area contributed by atoms with Crippen LogP contribution in [0.3, 0.4) is 0 Å². The van der Waals surface area contributed by atoms with Gasteiger partial charge in [-0.25, -0.2) is 0 Å². The fraction of sp³-hybridized carbons (Fsp3) is 0.727. The number of esters is 3. The first-order valence-electron chi connectivity index (χ1n) is 10.3. The SMILES string of the molecule is C=C(C)C.CC(C)(C)OC(=O)C1CC2CC1C(=O)O2.O=C(O)C1CC2CC1C(=O)O2. The number of hydrogen-bond acceptors (Lipinski definition) is 7. The molecule has 2 aliphatic heterocycles. The molecule has 4 aliphatic rings. The highest BCUT2D eigenvalue weighted by Gasteiger charge is 2.52. The molecule has 1 N–H and O–H groups in total. The molecule has 4 rings (SSSR count). The van der Waals surface area contributed by atoms with Gasteiger partial charge in [0.25, 0.3) is 0 Å². The normalized spacial score (nSPS) is 32.8. The van der Waals surface area contributed by atoms with Crippen LogP contribution in [-0.2, 0) is 33.4 Å². The maximum atomic E-state index is 11.8. The van der Waals surface area contributed by atoms with E-state index in [1.165, 1.54) is 5.57 Å². The van der Waals surface area contributed by atoms with Crippen molar-refractivity contribution in [3.63, 3.8) is 0 Å². The number of rotatable bonds is 2. The summed E-state index contributed by atoms with van der Waals surface area (Å²) in [4.78, 5) is 44.4. The van der Waals surface area contributed by atoms with Crippen LogP contribution in [0.2, 0.25) is 0 Å².